The van der Waals surface area contributed by atoms with E-state index < -0.39 is 11.2 Å². The van der Waals surface area contributed by atoms with Crippen molar-refractivity contribution in [2.45, 2.75) is 76.9 Å². The number of hydrogen-bond acceptors (Lipinski definition) is 3. The molecule has 3 nitrogen and oxygen atoms in total. The van der Waals surface area contributed by atoms with Gasteiger partial charge in [0, 0.05) is 24.7 Å². The van der Waals surface area contributed by atoms with Gasteiger partial charge in [-0.25, -0.2) is 0 Å². The van der Waals surface area contributed by atoms with Crippen molar-refractivity contribution in [3.05, 3.63) is 12.2 Å². The number of hydrogen-bond donors (Lipinski definition) is 1. The van der Waals surface area contributed by atoms with Crippen molar-refractivity contribution < 1.29 is 9.35 Å². The van der Waals surface area contributed by atoms with E-state index in [2.05, 4.69) is 20.4 Å². The summed E-state index contributed by atoms with van der Waals surface area (Å²) in [5.41, 5.74) is 7.24. The van der Waals surface area contributed by atoms with E-state index in [1.165, 1.54) is 18.4 Å². The standard InChI is InChI=1S/C23H37NO2S/c1-15-13-17-18-5-6-21(25)23(18,3)10-8-19(17)22(2)9-7-16(14-20(15)22)27(26)12-4-11-24/h16-20H,1,4-14,24H2,2-3H3/t16?,17?,18?,19?,20-,22-,23+,27?/m1/s1. The first-order valence-electron chi connectivity index (χ1n) is 11.1. The van der Waals surface area contributed by atoms with Gasteiger partial charge in [-0.15, -0.1) is 0 Å². The molecule has 0 aromatic heterocycles. The molecule has 0 aliphatic heterocycles. The van der Waals surface area contributed by atoms with Gasteiger partial charge in [0.15, 0.2) is 0 Å². The minimum absolute atomic E-state index is 0.0639. The van der Waals surface area contributed by atoms with Gasteiger partial charge in [0.25, 0.3) is 0 Å². The summed E-state index contributed by atoms with van der Waals surface area (Å²) in [6.07, 6.45) is 9.44. The molecule has 4 rings (SSSR count). The number of ketones is 1. The van der Waals surface area contributed by atoms with Crippen LogP contribution in [0.15, 0.2) is 12.2 Å². The number of carbonyl (C=O) groups is 1. The lowest BCUT2D eigenvalue weighted by Gasteiger charge is -2.60. The fourth-order valence-corrected chi connectivity index (χ4v) is 9.18. The predicted octanol–water partition coefficient (Wildman–Crippen LogP) is 4.23. The molecule has 0 bridgehead atoms. The van der Waals surface area contributed by atoms with Gasteiger partial charge < -0.3 is 10.3 Å². The van der Waals surface area contributed by atoms with Crippen LogP contribution in [-0.4, -0.2) is 27.9 Å². The normalized spacial score (nSPS) is 47.9. The van der Waals surface area contributed by atoms with Crippen LogP contribution < -0.4 is 5.73 Å². The predicted molar refractivity (Wildman–Crippen MR) is 112 cm³/mol. The summed E-state index contributed by atoms with van der Waals surface area (Å²) in [5.74, 6) is 3.71. The second kappa shape index (κ2) is 7.18. The van der Waals surface area contributed by atoms with Crippen molar-refractivity contribution in [1.29, 1.82) is 0 Å². The Morgan fingerprint density at radius 2 is 2.00 bits per heavy atom. The molecule has 0 aromatic rings. The Hall–Kier alpha value is -0.320. The Kier molecular flexibility index (Phi) is 5.31. The van der Waals surface area contributed by atoms with E-state index in [9.17, 15) is 9.35 Å². The lowest BCUT2D eigenvalue weighted by atomic mass is 9.44. The van der Waals surface area contributed by atoms with Gasteiger partial charge in [-0.3, -0.25) is 4.79 Å². The molecule has 0 radical (unpaired) electrons. The van der Waals surface area contributed by atoms with Crippen LogP contribution in [0.1, 0.15) is 71.6 Å². The Morgan fingerprint density at radius 3 is 2.74 bits per heavy atom. The highest BCUT2D eigenvalue weighted by Crippen LogP contribution is 2.66. The van der Waals surface area contributed by atoms with Crippen LogP contribution in [0, 0.1) is 34.5 Å². The van der Waals surface area contributed by atoms with Gasteiger partial charge in [-0.2, -0.15) is 0 Å². The summed E-state index contributed by atoms with van der Waals surface area (Å²) in [7, 11) is 0. The number of Topliss-reactive ketones (excluding diaryl/α,β-unsaturated/α-hetero) is 1. The number of allylic oxidation sites excluding steroid dienone is 1. The van der Waals surface area contributed by atoms with Gasteiger partial charge in [-0.05, 0) is 74.2 Å². The average Bonchev–Trinajstić information content (AvgIpc) is 2.95. The third-order valence-electron chi connectivity index (χ3n) is 9.20. The third-order valence-corrected chi connectivity index (χ3v) is 11.1. The van der Waals surface area contributed by atoms with Crippen LogP contribution >= 0.6 is 0 Å². The van der Waals surface area contributed by atoms with E-state index in [-0.39, 0.29) is 5.41 Å². The molecule has 4 saturated carbocycles. The molecule has 0 heterocycles. The fraction of sp³-hybridized carbons (Fsp3) is 0.870. The lowest BCUT2D eigenvalue weighted by Crippen LogP contribution is -2.55. The quantitative estimate of drug-likeness (QED) is 0.576. The molecule has 0 spiro atoms. The maximum absolute atomic E-state index is 12.7. The Morgan fingerprint density at radius 1 is 1.22 bits per heavy atom. The van der Waals surface area contributed by atoms with E-state index in [0.717, 1.165) is 56.6 Å². The molecule has 4 aliphatic rings. The topological polar surface area (TPSA) is 66.1 Å². The van der Waals surface area contributed by atoms with Crippen LogP contribution in [0.25, 0.3) is 0 Å². The molecule has 27 heavy (non-hydrogen) atoms. The lowest BCUT2D eigenvalue weighted by molar-refractivity contribution is -0.135. The zero-order valence-corrected chi connectivity index (χ0v) is 18.0. The van der Waals surface area contributed by atoms with Crippen molar-refractivity contribution in [1.82, 2.24) is 0 Å². The van der Waals surface area contributed by atoms with Crippen LogP contribution in [0.2, 0.25) is 0 Å². The zero-order valence-electron chi connectivity index (χ0n) is 17.2. The summed E-state index contributed by atoms with van der Waals surface area (Å²) < 4.78 is 12.7. The van der Waals surface area contributed by atoms with Gasteiger partial charge in [-0.1, -0.05) is 37.2 Å². The van der Waals surface area contributed by atoms with Crippen LogP contribution in [-0.2, 0) is 16.0 Å². The number of nitrogens with two attached hydrogens (primary N) is 1. The van der Waals surface area contributed by atoms with Crippen molar-refractivity contribution in [3.8, 4) is 0 Å². The SMILES string of the molecule is C=C1CC2C3CCC(=O)[C@@]3(C)CCC2[C@@]2(C)CCC([S+]([O-])CCCN)C[C@H]12. The highest BCUT2D eigenvalue weighted by molar-refractivity contribution is 7.92. The summed E-state index contributed by atoms with van der Waals surface area (Å²) in [6, 6.07) is 0. The van der Waals surface area contributed by atoms with Crippen molar-refractivity contribution >= 4 is 17.0 Å². The van der Waals surface area contributed by atoms with E-state index >= 15 is 0 Å². The van der Waals surface area contributed by atoms with Crippen molar-refractivity contribution in [2.24, 2.45) is 40.2 Å². The molecule has 2 N–H and O–H groups in total. The van der Waals surface area contributed by atoms with Crippen LogP contribution in [0.4, 0.5) is 0 Å². The molecule has 5 unspecified atom stereocenters. The Balaban J connectivity index is 1.54. The molecule has 0 amide bonds. The summed E-state index contributed by atoms with van der Waals surface area (Å²) in [6.45, 7) is 9.92. The van der Waals surface area contributed by atoms with Gasteiger partial charge in [0.05, 0.1) is 0 Å². The first kappa shape index (κ1) is 20.0. The fourth-order valence-electron chi connectivity index (χ4n) is 7.61. The Bertz CT molecular complexity index is 621. The molecule has 0 saturated heterocycles. The molecule has 8 atom stereocenters. The molecule has 4 fully saturated rings. The van der Waals surface area contributed by atoms with E-state index in [0.29, 0.717) is 40.7 Å². The summed E-state index contributed by atoms with van der Waals surface area (Å²) in [5, 5.41) is 0.324. The summed E-state index contributed by atoms with van der Waals surface area (Å²) in [4.78, 5) is 12.6. The van der Waals surface area contributed by atoms with E-state index in [4.69, 9.17) is 5.73 Å². The Labute approximate surface area is 168 Å². The van der Waals surface area contributed by atoms with Crippen molar-refractivity contribution in [2.75, 3.05) is 12.3 Å². The largest absolute Gasteiger partial charge is 0.616 e. The summed E-state index contributed by atoms with van der Waals surface area (Å²) >= 11 is -0.746. The van der Waals surface area contributed by atoms with Gasteiger partial charge in [0.1, 0.15) is 16.8 Å². The highest BCUT2D eigenvalue weighted by Gasteiger charge is 2.61. The van der Waals surface area contributed by atoms with Crippen LogP contribution in [0.3, 0.4) is 0 Å². The third kappa shape index (κ3) is 3.05. The monoisotopic (exact) mass is 391 g/mol. The molecule has 4 heteroatoms. The van der Waals surface area contributed by atoms with E-state index in [1.54, 1.807) is 0 Å². The first-order chi connectivity index (χ1) is 12.8. The van der Waals surface area contributed by atoms with Crippen LogP contribution in [0.5, 0.6) is 0 Å². The average molecular weight is 392 g/mol. The molecular formula is C23H37NO2S. The van der Waals surface area contributed by atoms with E-state index in [1.807, 2.05) is 0 Å². The minimum atomic E-state index is -0.746. The smallest absolute Gasteiger partial charge is 0.139 e. The molecule has 0 aromatic carbocycles. The van der Waals surface area contributed by atoms with Gasteiger partial charge in [0.2, 0.25) is 0 Å². The number of carbonyl (C=O) groups excluding carboxylic acids is 1. The van der Waals surface area contributed by atoms with Crippen molar-refractivity contribution in [3.63, 3.8) is 0 Å². The maximum Gasteiger partial charge on any atom is 0.139 e. The second-order valence-corrected chi connectivity index (χ2v) is 12.2. The maximum atomic E-state index is 12.7. The number of fused-ring (bicyclic) bond motifs is 5. The minimum Gasteiger partial charge on any atom is -0.616 e. The molecule has 152 valence electrons. The zero-order chi connectivity index (χ0) is 19.4. The highest BCUT2D eigenvalue weighted by atomic mass is 32.2. The molecular weight excluding hydrogens is 354 g/mol. The second-order valence-electron chi connectivity index (χ2n) is 10.3. The molecule has 4 aliphatic carbocycles. The first-order valence-corrected chi connectivity index (χ1v) is 12.5. The van der Waals surface area contributed by atoms with Gasteiger partial charge >= 0.3 is 0 Å². The number of rotatable bonds is 4.